The third kappa shape index (κ3) is 12.3. The Kier molecular flexibility index (Phi) is 16.6. The van der Waals surface area contributed by atoms with Gasteiger partial charge in [0.25, 0.3) is 16.7 Å². The number of aryl methyl sites for hydroxylation is 3. The predicted molar refractivity (Wildman–Crippen MR) is 239 cm³/mol. The lowest BCUT2D eigenvalue weighted by Crippen LogP contribution is -2.29. The van der Waals surface area contributed by atoms with Crippen molar-refractivity contribution in [1.29, 1.82) is 5.26 Å². The number of nitrogens with two attached hydrogens (primary N) is 1. The maximum Gasteiger partial charge on any atom is 0.337 e. The summed E-state index contributed by atoms with van der Waals surface area (Å²) in [5, 5.41) is 14.6. The number of nitrogens with zero attached hydrogens (tertiary/aromatic N) is 4. The highest BCUT2D eigenvalue weighted by Crippen LogP contribution is 2.23. The molecule has 3 fully saturated rings. The van der Waals surface area contributed by atoms with Gasteiger partial charge in [-0.25, -0.2) is 14.4 Å². The van der Waals surface area contributed by atoms with Gasteiger partial charge in [-0.3, -0.25) is 33.5 Å². The van der Waals surface area contributed by atoms with Gasteiger partial charge in [0.1, 0.15) is 16.2 Å². The molecule has 3 aliphatic rings. The third-order valence-corrected chi connectivity index (χ3v) is 11.3. The number of H-pyrrole nitrogens is 3. The summed E-state index contributed by atoms with van der Waals surface area (Å²) in [4.78, 5) is 90.2. The smallest absolute Gasteiger partial charge is 0.337 e. The number of hydrogen-bond acceptors (Lipinski definition) is 17. The van der Waals surface area contributed by atoms with Gasteiger partial charge < -0.3 is 29.6 Å². The van der Waals surface area contributed by atoms with Gasteiger partial charge in [-0.1, -0.05) is 27.2 Å². The van der Waals surface area contributed by atoms with Crippen LogP contribution in [-0.4, -0.2) is 58.5 Å². The third-order valence-electron chi connectivity index (χ3n) is 10.5. The molecule has 6 heterocycles. The molecule has 6 aromatic rings. The van der Waals surface area contributed by atoms with E-state index in [0.29, 0.717) is 76.7 Å². The molecule has 1 atom stereocenters. The average molecular weight is 889 g/mol. The Bertz CT molecular complexity index is 2860. The topological polar surface area (TPSA) is 319 Å². The van der Waals surface area contributed by atoms with Crippen molar-refractivity contribution in [2.75, 3.05) is 16.9 Å². The maximum atomic E-state index is 12.1. The first-order valence-corrected chi connectivity index (χ1v) is 22.4. The van der Waals surface area contributed by atoms with E-state index in [1.807, 2.05) is 20.8 Å². The van der Waals surface area contributed by atoms with E-state index in [1.54, 1.807) is 6.07 Å². The van der Waals surface area contributed by atoms with Gasteiger partial charge in [0.05, 0.1) is 16.9 Å². The zero-order valence-electron chi connectivity index (χ0n) is 35.8. The first kappa shape index (κ1) is 47.5. The van der Waals surface area contributed by atoms with Crippen molar-refractivity contribution in [3.63, 3.8) is 0 Å². The summed E-state index contributed by atoms with van der Waals surface area (Å²) in [5.41, 5.74) is 4.91. The molecule has 7 N–H and O–H groups in total. The highest BCUT2D eigenvalue weighted by Gasteiger charge is 2.21. The molecular weight excluding hydrogens is 837 g/mol. The largest absolute Gasteiger partial charge is 0.403 e. The molecule has 3 aliphatic carbocycles. The van der Waals surface area contributed by atoms with Crippen LogP contribution in [-0.2, 0) is 30.1 Å². The number of fused-ring (bicyclic) bond motifs is 3. The first-order valence-electron chi connectivity index (χ1n) is 20.8. The van der Waals surface area contributed by atoms with Crippen molar-refractivity contribution >= 4 is 56.0 Å². The number of hydrogen-bond donors (Lipinski definition) is 6. The van der Waals surface area contributed by atoms with E-state index >= 15 is 0 Å². The average Bonchev–Trinajstić information content (AvgIpc) is 3.19. The van der Waals surface area contributed by atoms with Crippen LogP contribution in [0.1, 0.15) is 102 Å². The molecule has 63 heavy (non-hydrogen) atoms. The van der Waals surface area contributed by atoms with Gasteiger partial charge in [0.2, 0.25) is 34.2 Å². The van der Waals surface area contributed by atoms with E-state index in [2.05, 4.69) is 40.5 Å². The Morgan fingerprint density at radius 3 is 1.24 bits per heavy atom. The fraction of sp³-hybridized carbons (Fsp3) is 0.476. The molecule has 21 heteroatoms. The van der Waals surface area contributed by atoms with E-state index in [4.69, 9.17) is 24.2 Å². The van der Waals surface area contributed by atoms with Crippen LogP contribution in [0.15, 0.2) is 65.4 Å². The normalized spacial score (nSPS) is 14.9. The van der Waals surface area contributed by atoms with Gasteiger partial charge in [-0.05, 0) is 87.3 Å². The highest BCUT2D eigenvalue weighted by molar-refractivity contribution is 7.84. The molecule has 0 saturated heterocycles. The minimum absolute atomic E-state index is 0.00102. The molecule has 0 spiro atoms. The van der Waals surface area contributed by atoms with Crippen molar-refractivity contribution in [3.05, 3.63) is 97.2 Å². The van der Waals surface area contributed by atoms with Gasteiger partial charge in [0.15, 0.2) is 0 Å². The summed E-state index contributed by atoms with van der Waals surface area (Å²) in [5.74, 6) is 0.747. The Morgan fingerprint density at radius 1 is 0.651 bits per heavy atom. The Morgan fingerprint density at radius 2 is 0.968 bits per heavy atom. The van der Waals surface area contributed by atoms with Gasteiger partial charge in [0, 0.05) is 49.5 Å². The summed E-state index contributed by atoms with van der Waals surface area (Å²) < 4.78 is 26.2. The molecule has 6 aromatic heterocycles. The molecule has 0 bridgehead atoms. The van der Waals surface area contributed by atoms with Gasteiger partial charge in [-0.15, -0.1) is 0 Å². The Labute approximate surface area is 361 Å². The van der Waals surface area contributed by atoms with E-state index in [1.165, 1.54) is 63.5 Å². The van der Waals surface area contributed by atoms with Crippen LogP contribution in [0.2, 0.25) is 0 Å². The van der Waals surface area contributed by atoms with Crippen LogP contribution in [0.25, 0.3) is 33.3 Å². The summed E-state index contributed by atoms with van der Waals surface area (Å²) >= 11 is 0. The monoisotopic (exact) mass is 888 g/mol. The van der Waals surface area contributed by atoms with Crippen LogP contribution in [0, 0.1) is 11.3 Å². The predicted octanol–water partition coefficient (Wildman–Crippen LogP) is 4.01. The van der Waals surface area contributed by atoms with Crippen molar-refractivity contribution < 1.29 is 17.5 Å². The van der Waals surface area contributed by atoms with Crippen molar-refractivity contribution in [2.45, 2.75) is 128 Å². The summed E-state index contributed by atoms with van der Waals surface area (Å²) in [6, 6.07) is 6.97. The molecule has 0 aromatic carbocycles. The zero-order valence-corrected chi connectivity index (χ0v) is 36.6. The van der Waals surface area contributed by atoms with Crippen molar-refractivity contribution in [2.24, 2.45) is 5.73 Å². The van der Waals surface area contributed by atoms with Crippen LogP contribution < -0.4 is 49.9 Å². The Balaban J connectivity index is 0.000000164. The molecule has 9 rings (SSSR count). The number of rotatable bonds is 8. The van der Waals surface area contributed by atoms with E-state index in [9.17, 15) is 33.0 Å². The molecule has 336 valence electrons. The van der Waals surface area contributed by atoms with E-state index in [-0.39, 0.29) is 38.8 Å². The number of aromatic nitrogens is 6. The fourth-order valence-electron chi connectivity index (χ4n) is 6.47. The SMILES string of the molecule is CC#N.CCc1cc(=O)oc2nc(NC3CCC3)[nH]c(=O)c12.CCc1cc(=O)oc2nc(NC3CCC3)[nH]c(=O)c12.CCc1cc(=O)oc2nc(S(C)=O)[nH]c(=O)c12.NC1CCC1. The minimum atomic E-state index is -1.44. The minimum Gasteiger partial charge on any atom is -0.403 e. The fourth-order valence-corrected chi connectivity index (χ4v) is 6.92. The van der Waals surface area contributed by atoms with Crippen molar-refractivity contribution in [1.82, 2.24) is 29.9 Å². The standard InChI is InChI=1S/2C13H15N3O3.C10H10N2O4S.C4H9N.C2H3N/c2*1-2-7-6-9(17)19-12-10(7)11(18)15-13(16-12)14-8-4-3-5-8;1-3-5-4-6(13)16-9-7(5)8(14)11-10(12-9)17(2)15;5-4-2-1-3-4;1-2-3/h2*6,8H,2-5H2,1H3,(H2,14,15,16,18);4H,3H2,1-2H3,(H,11,12,14);4H,1-3,5H2;1H3. The molecule has 0 amide bonds. The van der Waals surface area contributed by atoms with Crippen LogP contribution in [0.3, 0.4) is 0 Å². The molecule has 3 saturated carbocycles. The molecule has 1 unspecified atom stereocenters. The molecular formula is C42H52N10O10S. The van der Waals surface area contributed by atoms with Gasteiger partial charge in [-0.2, -0.15) is 20.2 Å². The number of anilines is 2. The lowest BCUT2D eigenvalue weighted by atomic mass is 9.93. The lowest BCUT2D eigenvalue weighted by Gasteiger charge is -2.26. The molecule has 20 nitrogen and oxygen atoms in total. The summed E-state index contributed by atoms with van der Waals surface area (Å²) in [6.45, 7) is 7.02. The van der Waals surface area contributed by atoms with Crippen LogP contribution in [0.4, 0.5) is 11.9 Å². The summed E-state index contributed by atoms with van der Waals surface area (Å²) in [7, 11) is -1.44. The highest BCUT2D eigenvalue weighted by atomic mass is 32.2. The summed E-state index contributed by atoms with van der Waals surface area (Å²) in [6.07, 6.45) is 13.6. The maximum absolute atomic E-state index is 12.1. The number of nitrogens with one attached hydrogen (secondary N) is 5. The number of aromatic amines is 3. The van der Waals surface area contributed by atoms with Crippen LogP contribution in [0.5, 0.6) is 0 Å². The zero-order chi connectivity index (χ0) is 45.8. The van der Waals surface area contributed by atoms with E-state index in [0.717, 1.165) is 25.7 Å². The Hall–Kier alpha value is -6.53. The number of nitriles is 1. The van der Waals surface area contributed by atoms with Crippen LogP contribution >= 0.6 is 0 Å². The first-order chi connectivity index (χ1) is 30.2. The van der Waals surface area contributed by atoms with E-state index < -0.39 is 33.2 Å². The quantitative estimate of drug-likeness (QED) is 0.118. The van der Waals surface area contributed by atoms with Crippen molar-refractivity contribution in [3.8, 4) is 6.07 Å². The second kappa shape index (κ2) is 22.0. The second-order valence-corrected chi connectivity index (χ2v) is 16.3. The van der Waals surface area contributed by atoms with Gasteiger partial charge >= 0.3 is 16.9 Å². The lowest BCUT2D eigenvalue weighted by molar-refractivity contribution is 0.418. The molecule has 0 radical (unpaired) electrons. The molecule has 0 aliphatic heterocycles. The second-order valence-electron chi connectivity index (χ2n) is 15.0.